The maximum Gasteiger partial charge on any atom is 0.326 e. The highest BCUT2D eigenvalue weighted by molar-refractivity contribution is 5.81. The number of likely N-dealkylation sites (tertiary alicyclic amines) is 1. The molecule has 3 rings (SSSR count). The first-order valence-corrected chi connectivity index (χ1v) is 7.70. The molecule has 1 aromatic carbocycles. The zero-order valence-corrected chi connectivity index (χ0v) is 12.8. The van der Waals surface area contributed by atoms with E-state index in [4.69, 9.17) is 4.74 Å². The normalized spacial score (nSPS) is 17.4. The number of nitrogens with one attached hydrogen (secondary N) is 1. The summed E-state index contributed by atoms with van der Waals surface area (Å²) in [7, 11) is 1.63. The lowest BCUT2D eigenvalue weighted by Gasteiger charge is -2.31. The zero-order valence-electron chi connectivity index (χ0n) is 12.8. The van der Waals surface area contributed by atoms with E-state index in [1.54, 1.807) is 7.11 Å². The van der Waals surface area contributed by atoms with Crippen LogP contribution in [0.25, 0.3) is 11.0 Å². The Hall–Kier alpha value is -1.75. The van der Waals surface area contributed by atoms with Gasteiger partial charge in [0.05, 0.1) is 12.6 Å². The number of ether oxygens (including phenoxy) is 1. The van der Waals surface area contributed by atoms with Gasteiger partial charge in [0.2, 0.25) is 0 Å². The van der Waals surface area contributed by atoms with Crippen molar-refractivity contribution in [3.8, 4) is 5.75 Å². The lowest BCUT2D eigenvalue weighted by atomic mass is 9.96. The SMILES string of the molecule is CCN1CCC(Cn2c(=O)[nH]c3c(OC)cccc32)CC1. The summed E-state index contributed by atoms with van der Waals surface area (Å²) in [6.45, 7) is 6.40. The van der Waals surface area contributed by atoms with Gasteiger partial charge in [-0.25, -0.2) is 4.79 Å². The van der Waals surface area contributed by atoms with Crippen molar-refractivity contribution in [2.75, 3.05) is 26.7 Å². The van der Waals surface area contributed by atoms with Gasteiger partial charge < -0.3 is 14.6 Å². The van der Waals surface area contributed by atoms with E-state index in [0.717, 1.165) is 55.8 Å². The average molecular weight is 289 g/mol. The molecule has 5 nitrogen and oxygen atoms in total. The monoisotopic (exact) mass is 289 g/mol. The number of H-pyrrole nitrogens is 1. The molecule has 0 bridgehead atoms. The number of hydrogen-bond donors (Lipinski definition) is 1. The van der Waals surface area contributed by atoms with Crippen molar-refractivity contribution in [1.29, 1.82) is 0 Å². The molecule has 0 aliphatic carbocycles. The topological polar surface area (TPSA) is 50.3 Å². The average Bonchev–Trinajstić information content (AvgIpc) is 2.84. The van der Waals surface area contributed by atoms with Gasteiger partial charge in [0.1, 0.15) is 11.3 Å². The minimum atomic E-state index is -0.0348. The molecule has 1 aliphatic rings. The number of hydrogen-bond acceptors (Lipinski definition) is 3. The van der Waals surface area contributed by atoms with Crippen LogP contribution in [0.1, 0.15) is 19.8 Å². The fourth-order valence-electron chi connectivity index (χ4n) is 3.25. The summed E-state index contributed by atoms with van der Waals surface area (Å²) in [5.74, 6) is 1.31. The first kappa shape index (κ1) is 14.2. The van der Waals surface area contributed by atoms with Crippen molar-refractivity contribution in [3.05, 3.63) is 28.7 Å². The Morgan fingerprint density at radius 2 is 2.10 bits per heavy atom. The fraction of sp³-hybridized carbons (Fsp3) is 0.562. The molecule has 2 aromatic rings. The summed E-state index contributed by atoms with van der Waals surface area (Å²) in [6.07, 6.45) is 2.33. The van der Waals surface area contributed by atoms with Crippen molar-refractivity contribution in [2.45, 2.75) is 26.3 Å². The molecule has 1 saturated heterocycles. The molecule has 5 heteroatoms. The lowest BCUT2D eigenvalue weighted by Crippen LogP contribution is -2.35. The van der Waals surface area contributed by atoms with Gasteiger partial charge in [-0.1, -0.05) is 13.0 Å². The van der Waals surface area contributed by atoms with Gasteiger partial charge in [-0.15, -0.1) is 0 Å². The van der Waals surface area contributed by atoms with Crippen LogP contribution in [0.15, 0.2) is 23.0 Å². The summed E-state index contributed by atoms with van der Waals surface area (Å²) in [6, 6.07) is 5.80. The van der Waals surface area contributed by atoms with Crippen LogP contribution in [-0.4, -0.2) is 41.2 Å². The molecule has 0 radical (unpaired) electrons. The largest absolute Gasteiger partial charge is 0.494 e. The van der Waals surface area contributed by atoms with E-state index in [9.17, 15) is 4.79 Å². The molecular weight excluding hydrogens is 266 g/mol. The predicted molar refractivity (Wildman–Crippen MR) is 83.9 cm³/mol. The number of benzene rings is 1. The van der Waals surface area contributed by atoms with Crippen molar-refractivity contribution in [3.63, 3.8) is 0 Å². The van der Waals surface area contributed by atoms with Gasteiger partial charge in [0.15, 0.2) is 0 Å². The second-order valence-corrected chi connectivity index (χ2v) is 5.77. The van der Waals surface area contributed by atoms with Crippen LogP contribution in [0.3, 0.4) is 0 Å². The second kappa shape index (κ2) is 5.93. The molecule has 1 N–H and O–H groups in total. The highest BCUT2D eigenvalue weighted by Gasteiger charge is 2.20. The van der Waals surface area contributed by atoms with E-state index in [2.05, 4.69) is 16.8 Å². The second-order valence-electron chi connectivity index (χ2n) is 5.77. The van der Waals surface area contributed by atoms with E-state index >= 15 is 0 Å². The highest BCUT2D eigenvalue weighted by atomic mass is 16.5. The Morgan fingerprint density at radius 3 is 2.76 bits per heavy atom. The molecule has 2 heterocycles. The maximum absolute atomic E-state index is 12.2. The van der Waals surface area contributed by atoms with Crippen LogP contribution < -0.4 is 10.4 Å². The molecule has 1 aromatic heterocycles. The van der Waals surface area contributed by atoms with Crippen molar-refractivity contribution in [1.82, 2.24) is 14.5 Å². The minimum absolute atomic E-state index is 0.0348. The molecule has 114 valence electrons. The van der Waals surface area contributed by atoms with Crippen LogP contribution in [0.5, 0.6) is 5.75 Å². The standard InChI is InChI=1S/C16H23N3O2/c1-3-18-9-7-12(8-10-18)11-19-13-5-4-6-14(21-2)15(13)17-16(19)20/h4-6,12H,3,7-11H2,1-2H3,(H,17,20). The number of rotatable bonds is 4. The van der Waals surface area contributed by atoms with Gasteiger partial charge >= 0.3 is 5.69 Å². The van der Waals surface area contributed by atoms with Crippen LogP contribution in [0, 0.1) is 5.92 Å². The third-order valence-corrected chi connectivity index (χ3v) is 4.59. The number of para-hydroxylation sites is 1. The molecular formula is C16H23N3O2. The molecule has 1 aliphatic heterocycles. The first-order chi connectivity index (χ1) is 10.2. The number of aromatic amines is 1. The summed E-state index contributed by atoms with van der Waals surface area (Å²) in [5.41, 5.74) is 1.71. The number of aromatic nitrogens is 2. The smallest absolute Gasteiger partial charge is 0.326 e. The Labute approximate surface area is 124 Å². The quantitative estimate of drug-likeness (QED) is 0.937. The third kappa shape index (κ3) is 2.70. The zero-order chi connectivity index (χ0) is 14.8. The van der Waals surface area contributed by atoms with Crippen LogP contribution in [0.4, 0.5) is 0 Å². The summed E-state index contributed by atoms with van der Waals surface area (Å²) in [5, 5.41) is 0. The molecule has 0 unspecified atom stereocenters. The summed E-state index contributed by atoms with van der Waals surface area (Å²) < 4.78 is 7.19. The molecule has 0 amide bonds. The molecule has 1 fully saturated rings. The third-order valence-electron chi connectivity index (χ3n) is 4.59. The molecule has 0 spiro atoms. The fourth-order valence-corrected chi connectivity index (χ4v) is 3.25. The molecule has 0 saturated carbocycles. The first-order valence-electron chi connectivity index (χ1n) is 7.70. The van der Waals surface area contributed by atoms with Crippen molar-refractivity contribution in [2.24, 2.45) is 5.92 Å². The number of imidazole rings is 1. The predicted octanol–water partition coefficient (Wildman–Crippen LogP) is 2.07. The van der Waals surface area contributed by atoms with Gasteiger partial charge in [0, 0.05) is 6.54 Å². The number of nitrogens with zero attached hydrogens (tertiary/aromatic N) is 2. The Kier molecular flexibility index (Phi) is 4.01. The van der Waals surface area contributed by atoms with Crippen molar-refractivity contribution >= 4 is 11.0 Å². The van der Waals surface area contributed by atoms with E-state index in [1.807, 2.05) is 22.8 Å². The summed E-state index contributed by atoms with van der Waals surface area (Å²) >= 11 is 0. The number of methoxy groups -OCH3 is 1. The Balaban J connectivity index is 1.84. The van der Waals surface area contributed by atoms with E-state index < -0.39 is 0 Å². The van der Waals surface area contributed by atoms with Crippen LogP contribution >= 0.6 is 0 Å². The van der Waals surface area contributed by atoms with Gasteiger partial charge in [-0.05, 0) is 50.5 Å². The van der Waals surface area contributed by atoms with Gasteiger partial charge in [-0.2, -0.15) is 0 Å². The maximum atomic E-state index is 12.2. The molecule has 0 atom stereocenters. The van der Waals surface area contributed by atoms with Gasteiger partial charge in [0.25, 0.3) is 0 Å². The molecule has 21 heavy (non-hydrogen) atoms. The van der Waals surface area contributed by atoms with E-state index in [1.165, 1.54) is 0 Å². The Morgan fingerprint density at radius 1 is 1.33 bits per heavy atom. The number of piperidine rings is 1. The van der Waals surface area contributed by atoms with Crippen LogP contribution in [-0.2, 0) is 6.54 Å². The lowest BCUT2D eigenvalue weighted by molar-refractivity contribution is 0.181. The van der Waals surface area contributed by atoms with Gasteiger partial charge in [-0.3, -0.25) is 4.57 Å². The summed E-state index contributed by atoms with van der Waals surface area (Å²) in [4.78, 5) is 17.6. The van der Waals surface area contributed by atoms with E-state index in [0.29, 0.717) is 5.92 Å². The Bertz CT molecular complexity index is 666. The van der Waals surface area contributed by atoms with E-state index in [-0.39, 0.29) is 5.69 Å². The minimum Gasteiger partial charge on any atom is -0.494 e. The highest BCUT2D eigenvalue weighted by Crippen LogP contribution is 2.24. The van der Waals surface area contributed by atoms with Crippen molar-refractivity contribution < 1.29 is 4.74 Å². The van der Waals surface area contributed by atoms with Crippen LogP contribution in [0.2, 0.25) is 0 Å². The number of fused-ring (bicyclic) bond motifs is 1.